The van der Waals surface area contributed by atoms with E-state index in [2.05, 4.69) is 32.4 Å². The fraction of sp³-hybridized carbons (Fsp3) is 0.267. The maximum absolute atomic E-state index is 13.0. The minimum atomic E-state index is 0.145. The number of hydrogen-bond donors (Lipinski definition) is 1. The van der Waals surface area contributed by atoms with Gasteiger partial charge in [-0.25, -0.2) is 9.97 Å². The largest absolute Gasteiger partial charge is 0.486 e. The van der Waals surface area contributed by atoms with E-state index in [0.29, 0.717) is 36.2 Å². The molecule has 0 aliphatic carbocycles. The molecule has 1 aliphatic heterocycles. The number of amides is 1. The number of nitrogens with one attached hydrogen (secondary N) is 1. The molecule has 0 radical (unpaired) electrons. The summed E-state index contributed by atoms with van der Waals surface area (Å²) in [6.45, 7) is 1.71. The zero-order chi connectivity index (χ0) is 27.5. The Bertz CT molecular complexity index is 1660. The first kappa shape index (κ1) is 26.4. The number of ether oxygens (including phenoxy) is 2. The highest BCUT2D eigenvalue weighted by atomic mass is 35.5. The van der Waals surface area contributed by atoms with Crippen molar-refractivity contribution in [3.63, 3.8) is 0 Å². The molecule has 1 atom stereocenters. The Hall–Kier alpha value is -3.79. The van der Waals surface area contributed by atoms with Crippen LogP contribution in [0.25, 0.3) is 20.3 Å². The van der Waals surface area contributed by atoms with Crippen molar-refractivity contribution in [1.82, 2.24) is 19.9 Å². The molecule has 40 heavy (non-hydrogen) atoms. The molecule has 2 aromatic carbocycles. The number of hydrogen-bond acceptors (Lipinski definition) is 8. The molecule has 10 heteroatoms. The van der Waals surface area contributed by atoms with Gasteiger partial charge >= 0.3 is 0 Å². The van der Waals surface area contributed by atoms with Gasteiger partial charge in [0.2, 0.25) is 5.91 Å². The van der Waals surface area contributed by atoms with Gasteiger partial charge in [0.15, 0.2) is 0 Å². The van der Waals surface area contributed by atoms with E-state index >= 15 is 0 Å². The highest BCUT2D eigenvalue weighted by Crippen LogP contribution is 2.38. The molecule has 0 saturated carbocycles. The van der Waals surface area contributed by atoms with Crippen LogP contribution in [0, 0.1) is 0 Å². The molecule has 204 valence electrons. The third-order valence-electron chi connectivity index (χ3n) is 7.04. The molecule has 5 aromatic rings. The minimum absolute atomic E-state index is 0.145. The van der Waals surface area contributed by atoms with Gasteiger partial charge in [-0.15, -0.1) is 11.3 Å². The molecule has 0 spiro atoms. The number of methoxy groups -OCH3 is 1. The van der Waals surface area contributed by atoms with Crippen molar-refractivity contribution in [2.45, 2.75) is 31.9 Å². The van der Waals surface area contributed by atoms with Gasteiger partial charge < -0.3 is 19.7 Å². The van der Waals surface area contributed by atoms with E-state index < -0.39 is 0 Å². The monoisotopic (exact) mass is 573 g/mol. The molecule has 8 nitrogen and oxygen atoms in total. The zero-order valence-corrected chi connectivity index (χ0v) is 23.5. The summed E-state index contributed by atoms with van der Waals surface area (Å²) < 4.78 is 12.2. The summed E-state index contributed by atoms with van der Waals surface area (Å²) in [6, 6.07) is 17.6. The van der Waals surface area contributed by atoms with Crippen LogP contribution in [0.2, 0.25) is 5.02 Å². The quantitative estimate of drug-likeness (QED) is 0.218. The molecule has 1 saturated heterocycles. The second kappa shape index (κ2) is 11.8. The third-order valence-corrected chi connectivity index (χ3v) is 8.40. The molecule has 1 aliphatic rings. The van der Waals surface area contributed by atoms with Crippen LogP contribution in [0.1, 0.15) is 24.1 Å². The van der Waals surface area contributed by atoms with E-state index in [1.165, 1.54) is 0 Å². The van der Waals surface area contributed by atoms with Crippen molar-refractivity contribution in [1.29, 1.82) is 0 Å². The fourth-order valence-electron chi connectivity index (χ4n) is 5.13. The number of thiophene rings is 1. The van der Waals surface area contributed by atoms with Gasteiger partial charge in [0.25, 0.3) is 0 Å². The van der Waals surface area contributed by atoms with Crippen LogP contribution in [-0.4, -0.2) is 52.1 Å². The summed E-state index contributed by atoms with van der Waals surface area (Å²) in [5, 5.41) is 5.86. The second-order valence-corrected chi connectivity index (χ2v) is 11.2. The van der Waals surface area contributed by atoms with Gasteiger partial charge in [0, 0.05) is 35.6 Å². The Kier molecular flexibility index (Phi) is 7.77. The molecule has 6 rings (SSSR count). The number of likely N-dealkylation sites (tertiary alicyclic amines) is 1. The van der Waals surface area contributed by atoms with Crippen LogP contribution in [0.15, 0.2) is 67.1 Å². The van der Waals surface area contributed by atoms with Gasteiger partial charge in [0.05, 0.1) is 35.2 Å². The summed E-state index contributed by atoms with van der Waals surface area (Å²) in [5.74, 6) is 1.42. The van der Waals surface area contributed by atoms with Crippen LogP contribution in [0.3, 0.4) is 0 Å². The summed E-state index contributed by atoms with van der Waals surface area (Å²) in [7, 11) is 1.69. The Balaban J connectivity index is 1.20. The number of carbonyl (C=O) groups is 1. The lowest BCUT2D eigenvalue weighted by Gasteiger charge is -2.24. The average molecular weight is 574 g/mol. The van der Waals surface area contributed by atoms with Crippen LogP contribution < -0.4 is 10.1 Å². The van der Waals surface area contributed by atoms with Gasteiger partial charge in [-0.3, -0.25) is 9.78 Å². The molecule has 1 amide bonds. The van der Waals surface area contributed by atoms with Gasteiger partial charge in [-0.05, 0) is 54.8 Å². The lowest BCUT2D eigenvalue weighted by Crippen LogP contribution is -2.38. The number of anilines is 2. The zero-order valence-electron chi connectivity index (χ0n) is 22.0. The van der Waals surface area contributed by atoms with Crippen molar-refractivity contribution >= 4 is 60.7 Å². The average Bonchev–Trinajstić information content (AvgIpc) is 3.58. The number of carbonyl (C=O) groups excluding carboxylic acids is 1. The van der Waals surface area contributed by atoms with E-state index in [-0.39, 0.29) is 11.9 Å². The van der Waals surface area contributed by atoms with Crippen molar-refractivity contribution < 1.29 is 14.3 Å². The number of halogens is 1. The normalized spacial score (nSPS) is 15.2. The van der Waals surface area contributed by atoms with Crippen LogP contribution in [-0.2, 0) is 22.6 Å². The first-order valence-electron chi connectivity index (χ1n) is 13.1. The van der Waals surface area contributed by atoms with E-state index in [1.54, 1.807) is 31.0 Å². The summed E-state index contributed by atoms with van der Waals surface area (Å²) in [5.41, 5.74) is 2.60. The summed E-state index contributed by atoms with van der Waals surface area (Å²) >= 11 is 8.12. The molecule has 0 unspecified atom stereocenters. The predicted octanol–water partition coefficient (Wildman–Crippen LogP) is 6.40. The Morgan fingerprint density at radius 2 is 2.08 bits per heavy atom. The number of fused-ring (bicyclic) bond motifs is 3. The number of benzene rings is 2. The van der Waals surface area contributed by atoms with E-state index in [4.69, 9.17) is 21.1 Å². The van der Waals surface area contributed by atoms with Gasteiger partial charge in [-0.2, -0.15) is 0 Å². The topological polar surface area (TPSA) is 89.5 Å². The molecule has 3 aromatic heterocycles. The standard InChI is InChI=1S/C30H28ClN5O3S/c1-38-17-22-6-4-12-36(22)27(37)14-19-7-9-23-26(13-19)40-30-28(23)29(33-18-34-30)35-20-8-10-25(24(31)15-20)39-16-21-5-2-3-11-32-21/h2-3,5,7-11,13,15,18,22H,4,6,12,14,16-17H2,1H3,(H,33,34,35)/t22-/m0/s1. The van der Waals surface area contributed by atoms with Crippen LogP contribution in [0.4, 0.5) is 11.5 Å². The molecule has 0 bridgehead atoms. The highest BCUT2D eigenvalue weighted by Gasteiger charge is 2.28. The first-order chi connectivity index (χ1) is 19.6. The molecular formula is C30H28ClN5O3S. The SMILES string of the molecule is COC[C@@H]1CCCN1C(=O)Cc1ccc2c(c1)sc1ncnc(Nc3ccc(OCc4ccccn4)c(Cl)c3)c12. The molecule has 1 fully saturated rings. The van der Waals surface area contributed by atoms with Gasteiger partial charge in [0.1, 0.15) is 29.3 Å². The number of nitrogens with zero attached hydrogens (tertiary/aromatic N) is 4. The Morgan fingerprint density at radius 1 is 1.15 bits per heavy atom. The van der Waals surface area contributed by atoms with Crippen molar-refractivity contribution in [2.75, 3.05) is 25.6 Å². The summed E-state index contributed by atoms with van der Waals surface area (Å²) in [6.07, 6.45) is 5.68. The lowest BCUT2D eigenvalue weighted by molar-refractivity contribution is -0.132. The number of aromatic nitrogens is 3. The molecular weight excluding hydrogens is 546 g/mol. The van der Waals surface area contributed by atoms with E-state index in [1.807, 2.05) is 47.4 Å². The second-order valence-electron chi connectivity index (χ2n) is 9.73. The fourth-order valence-corrected chi connectivity index (χ4v) is 6.47. The Labute approximate surface area is 240 Å². The third kappa shape index (κ3) is 5.58. The first-order valence-corrected chi connectivity index (χ1v) is 14.3. The summed E-state index contributed by atoms with van der Waals surface area (Å²) in [4.78, 5) is 29.2. The lowest BCUT2D eigenvalue weighted by atomic mass is 10.1. The smallest absolute Gasteiger partial charge is 0.227 e. The highest BCUT2D eigenvalue weighted by molar-refractivity contribution is 7.25. The van der Waals surface area contributed by atoms with Crippen molar-refractivity contribution in [3.05, 3.63) is 83.4 Å². The molecule has 1 N–H and O–H groups in total. The van der Waals surface area contributed by atoms with Crippen molar-refractivity contribution in [3.8, 4) is 5.75 Å². The van der Waals surface area contributed by atoms with Gasteiger partial charge in [-0.1, -0.05) is 29.8 Å². The maximum atomic E-state index is 13.0. The van der Waals surface area contributed by atoms with Crippen LogP contribution in [0.5, 0.6) is 5.75 Å². The minimum Gasteiger partial charge on any atom is -0.486 e. The Morgan fingerprint density at radius 3 is 2.90 bits per heavy atom. The molecule has 4 heterocycles. The predicted molar refractivity (Wildman–Crippen MR) is 159 cm³/mol. The number of pyridine rings is 1. The maximum Gasteiger partial charge on any atom is 0.227 e. The van der Waals surface area contributed by atoms with Crippen molar-refractivity contribution in [2.24, 2.45) is 0 Å². The van der Waals surface area contributed by atoms with E-state index in [9.17, 15) is 4.79 Å². The van der Waals surface area contributed by atoms with E-state index in [0.717, 1.165) is 56.6 Å². The number of rotatable bonds is 9. The van der Waals surface area contributed by atoms with Crippen LogP contribution >= 0.6 is 22.9 Å².